The van der Waals surface area contributed by atoms with Crippen molar-refractivity contribution in [3.8, 4) is 5.75 Å². The number of hydrogen-bond acceptors (Lipinski definition) is 3. The number of methoxy groups -OCH3 is 1. The van der Waals surface area contributed by atoms with Crippen molar-refractivity contribution in [1.29, 1.82) is 0 Å². The van der Waals surface area contributed by atoms with Crippen LogP contribution in [0.25, 0.3) is 0 Å². The summed E-state index contributed by atoms with van der Waals surface area (Å²) in [5, 5.41) is 6.14. The van der Waals surface area contributed by atoms with E-state index in [9.17, 15) is 9.59 Å². The first-order chi connectivity index (χ1) is 14.2. The van der Waals surface area contributed by atoms with Crippen LogP contribution in [0.1, 0.15) is 63.4 Å². The first-order valence-electron chi connectivity index (χ1n) is 11.0. The van der Waals surface area contributed by atoms with Crippen molar-refractivity contribution in [2.24, 2.45) is 11.8 Å². The predicted octanol–water partition coefficient (Wildman–Crippen LogP) is 4.12. The number of carbonyl (C=O) groups excluding carboxylic acids is 2. The summed E-state index contributed by atoms with van der Waals surface area (Å²) in [7, 11) is 1.64. The van der Waals surface area contributed by atoms with E-state index in [1.807, 2.05) is 24.3 Å². The molecule has 158 valence electrons. The number of rotatable bonds is 8. The second-order valence-electron chi connectivity index (χ2n) is 8.26. The van der Waals surface area contributed by atoms with Crippen molar-refractivity contribution in [2.75, 3.05) is 13.7 Å². The Balaban J connectivity index is 1.33. The normalized spacial score (nSPS) is 21.8. The van der Waals surface area contributed by atoms with Crippen LogP contribution >= 0.6 is 0 Å². The average Bonchev–Trinajstić information content (AvgIpc) is 2.78. The number of allylic oxidation sites excluding steroid dienone is 1. The van der Waals surface area contributed by atoms with Crippen molar-refractivity contribution in [3.63, 3.8) is 0 Å². The van der Waals surface area contributed by atoms with Crippen molar-refractivity contribution in [2.45, 2.75) is 64.3 Å². The number of hydrogen-bond donors (Lipinski definition) is 2. The topological polar surface area (TPSA) is 67.4 Å². The van der Waals surface area contributed by atoms with Crippen LogP contribution in [0.2, 0.25) is 0 Å². The first-order valence-corrected chi connectivity index (χ1v) is 11.0. The Morgan fingerprint density at radius 3 is 2.21 bits per heavy atom. The molecule has 2 aliphatic rings. The fourth-order valence-corrected chi connectivity index (χ4v) is 4.32. The van der Waals surface area contributed by atoms with E-state index in [0.717, 1.165) is 50.0 Å². The van der Waals surface area contributed by atoms with Gasteiger partial charge in [-0.1, -0.05) is 23.8 Å². The third-order valence-electron chi connectivity index (χ3n) is 6.22. The summed E-state index contributed by atoms with van der Waals surface area (Å²) in [4.78, 5) is 24.9. The summed E-state index contributed by atoms with van der Waals surface area (Å²) in [6.07, 6.45) is 11.5. The molecule has 1 aromatic carbocycles. The maximum atomic E-state index is 12.5. The Labute approximate surface area is 174 Å². The molecule has 2 amide bonds. The van der Waals surface area contributed by atoms with Crippen molar-refractivity contribution in [3.05, 3.63) is 41.5 Å². The number of benzene rings is 1. The molecule has 0 spiro atoms. The molecule has 3 rings (SSSR count). The molecule has 2 aliphatic carbocycles. The van der Waals surface area contributed by atoms with Gasteiger partial charge in [0.15, 0.2) is 0 Å². The Bertz CT molecular complexity index is 703. The lowest BCUT2D eigenvalue weighted by Gasteiger charge is -2.27. The number of amides is 2. The van der Waals surface area contributed by atoms with Gasteiger partial charge < -0.3 is 15.4 Å². The molecule has 0 aromatic heterocycles. The highest BCUT2D eigenvalue weighted by molar-refractivity contribution is 5.81. The predicted molar refractivity (Wildman–Crippen MR) is 114 cm³/mol. The molecule has 0 unspecified atom stereocenters. The van der Waals surface area contributed by atoms with E-state index in [4.69, 9.17) is 4.74 Å². The molecule has 2 N–H and O–H groups in total. The van der Waals surface area contributed by atoms with Crippen LogP contribution in [0.15, 0.2) is 35.9 Å². The second-order valence-corrected chi connectivity index (χ2v) is 8.26. The Kier molecular flexibility index (Phi) is 8.14. The van der Waals surface area contributed by atoms with Gasteiger partial charge in [0.25, 0.3) is 0 Å². The summed E-state index contributed by atoms with van der Waals surface area (Å²) >= 11 is 0. The highest BCUT2D eigenvalue weighted by Gasteiger charge is 2.29. The van der Waals surface area contributed by atoms with Gasteiger partial charge in [-0.25, -0.2) is 0 Å². The Morgan fingerprint density at radius 1 is 0.966 bits per heavy atom. The van der Waals surface area contributed by atoms with Crippen LogP contribution < -0.4 is 15.4 Å². The van der Waals surface area contributed by atoms with Gasteiger partial charge in [0, 0.05) is 24.9 Å². The molecule has 1 saturated carbocycles. The largest absolute Gasteiger partial charge is 0.497 e. The molecule has 0 bridgehead atoms. The standard InChI is InChI=1S/C24H34N2O3/c1-29-22-13-7-19(8-14-22)17-26-24(28)21-11-9-20(10-12-21)23(27)25-16-15-18-5-3-2-4-6-18/h5,7-8,13-14,20-21H,2-4,6,9-12,15-17H2,1H3,(H,25,27)(H,26,28). The smallest absolute Gasteiger partial charge is 0.223 e. The minimum Gasteiger partial charge on any atom is -0.497 e. The van der Waals surface area contributed by atoms with Crippen molar-refractivity contribution >= 4 is 11.8 Å². The molecule has 1 aromatic rings. The summed E-state index contributed by atoms with van der Waals surface area (Å²) in [6.45, 7) is 1.27. The zero-order valence-electron chi connectivity index (χ0n) is 17.5. The SMILES string of the molecule is COc1ccc(CNC(=O)C2CCC(C(=O)NCCC3=CCCCC3)CC2)cc1. The molecule has 29 heavy (non-hydrogen) atoms. The van der Waals surface area contributed by atoms with Gasteiger partial charge in [-0.3, -0.25) is 9.59 Å². The lowest BCUT2D eigenvalue weighted by Crippen LogP contribution is -2.37. The van der Waals surface area contributed by atoms with Gasteiger partial charge in [-0.05, 0) is 75.5 Å². The van der Waals surface area contributed by atoms with E-state index in [1.165, 1.54) is 31.3 Å². The highest BCUT2D eigenvalue weighted by atomic mass is 16.5. The fraction of sp³-hybridized carbons (Fsp3) is 0.583. The highest BCUT2D eigenvalue weighted by Crippen LogP contribution is 2.29. The van der Waals surface area contributed by atoms with Crippen LogP contribution in [-0.2, 0) is 16.1 Å². The van der Waals surface area contributed by atoms with Crippen LogP contribution in [0.3, 0.4) is 0 Å². The van der Waals surface area contributed by atoms with Gasteiger partial charge in [-0.15, -0.1) is 0 Å². The van der Waals surface area contributed by atoms with Crippen LogP contribution in [-0.4, -0.2) is 25.5 Å². The minimum absolute atomic E-state index is 0.0182. The quantitative estimate of drug-likeness (QED) is 0.647. The zero-order valence-corrected chi connectivity index (χ0v) is 17.5. The molecule has 5 nitrogen and oxygen atoms in total. The number of ether oxygens (including phenoxy) is 1. The molecule has 1 fully saturated rings. The van der Waals surface area contributed by atoms with Gasteiger partial charge in [0.05, 0.1) is 7.11 Å². The summed E-state index contributed by atoms with van der Waals surface area (Å²) in [5.41, 5.74) is 2.55. The molecule has 0 atom stereocenters. The zero-order chi connectivity index (χ0) is 20.5. The lowest BCUT2D eigenvalue weighted by atomic mass is 9.81. The number of nitrogens with one attached hydrogen (secondary N) is 2. The average molecular weight is 399 g/mol. The van der Waals surface area contributed by atoms with Gasteiger partial charge in [0.2, 0.25) is 11.8 Å². The Morgan fingerprint density at radius 2 is 1.62 bits per heavy atom. The number of carbonyl (C=O) groups is 2. The van der Waals surface area contributed by atoms with Crippen LogP contribution in [0.4, 0.5) is 0 Å². The third kappa shape index (κ3) is 6.62. The maximum absolute atomic E-state index is 12.5. The van der Waals surface area contributed by atoms with Crippen LogP contribution in [0.5, 0.6) is 5.75 Å². The monoisotopic (exact) mass is 398 g/mol. The van der Waals surface area contributed by atoms with E-state index < -0.39 is 0 Å². The third-order valence-corrected chi connectivity index (χ3v) is 6.22. The molecule has 0 radical (unpaired) electrons. The van der Waals surface area contributed by atoms with E-state index in [0.29, 0.717) is 6.54 Å². The molecular formula is C24H34N2O3. The van der Waals surface area contributed by atoms with Crippen molar-refractivity contribution in [1.82, 2.24) is 10.6 Å². The summed E-state index contributed by atoms with van der Waals surface area (Å²) in [5.74, 6) is 1.15. The van der Waals surface area contributed by atoms with Gasteiger partial charge >= 0.3 is 0 Å². The molecular weight excluding hydrogens is 364 g/mol. The van der Waals surface area contributed by atoms with Crippen molar-refractivity contribution < 1.29 is 14.3 Å². The lowest BCUT2D eigenvalue weighted by molar-refractivity contribution is -0.130. The fourth-order valence-electron chi connectivity index (χ4n) is 4.32. The van der Waals surface area contributed by atoms with Gasteiger partial charge in [0.1, 0.15) is 5.75 Å². The molecule has 5 heteroatoms. The maximum Gasteiger partial charge on any atom is 0.223 e. The van der Waals surface area contributed by atoms with Gasteiger partial charge in [-0.2, -0.15) is 0 Å². The van der Waals surface area contributed by atoms with E-state index in [1.54, 1.807) is 7.11 Å². The molecule has 0 saturated heterocycles. The van der Waals surface area contributed by atoms with E-state index >= 15 is 0 Å². The first kappa shape index (κ1) is 21.4. The molecule has 0 aliphatic heterocycles. The Hall–Kier alpha value is -2.30. The van der Waals surface area contributed by atoms with Crippen LogP contribution in [0, 0.1) is 11.8 Å². The summed E-state index contributed by atoms with van der Waals surface area (Å²) in [6, 6.07) is 7.72. The van der Waals surface area contributed by atoms with E-state index in [-0.39, 0.29) is 23.7 Å². The summed E-state index contributed by atoms with van der Waals surface area (Å²) < 4.78 is 5.15. The molecule has 0 heterocycles. The van der Waals surface area contributed by atoms with E-state index in [2.05, 4.69) is 16.7 Å². The minimum atomic E-state index is 0.0182. The second kappa shape index (κ2) is 11.0.